The molecule has 0 radical (unpaired) electrons. The molecule has 7 aliphatic rings. The van der Waals surface area contributed by atoms with Crippen LogP contribution in [0, 0.1) is 23.7 Å². The standard InChI is InChI=1S/C42H58N6O12S.C38H55N5O11S.C8H15N3O5/c49-34-15-14-32(45-34)41(56)46-31(40(55)44-30-7-3-1-4-8-30)9-5-2-6-24-61-33-25-37(52)47(42(33)57)26-28-10-12-29(13-11-28)39(54)43-18-19-58-20-21-59-22-23-60-27-38(53)48-35(50)16-17-36(48)51;44-32-15-14-30(41-32)37(50)42-29(36(49)40-28-7-3-1-4-8-28)9-5-2-6-22-55-31-23-33(45)43(38(31)51)24-26-10-12-27(13-11-26)35(48)39-16-17-52-18-19-53-20-21-54-25-34(46)47;9-11-10-1-2-14-3-4-15-5-6-16-7-8(12)13/h1,3-4,7-8,28-29,31-33H,2,5-6,9-27H2,(H,43,54)(H,44,55)(H,45,49)(H,46,56);1,3-4,7-8,26-27,29-31H,2,5-6,9-25H2,(H,39,48)(H,40,49)(H,41,44)(H,42,50)(H,46,47);1-7H2,(H,12,13)/t28?,29?,31-,32+,33?;26?,27?,29-,30+,31?;/m00./s1. The topological polar surface area (TPSA) is 568 Å². The highest BCUT2D eigenvalue weighted by molar-refractivity contribution is 8.00. The Morgan fingerprint density at radius 1 is 0.432 bits per heavy atom. The number of likely N-dealkylation sites (tertiary alicyclic amines) is 3. The molecule has 2 aromatic carbocycles. The first-order chi connectivity index (χ1) is 63.9. The molecule has 0 spiro atoms. The number of nitrogens with one attached hydrogen (secondary N) is 8. The zero-order valence-corrected chi connectivity index (χ0v) is 76.3. The maximum absolute atomic E-state index is 13.2. The number of carbonyl (C=O) groups is 17. The van der Waals surface area contributed by atoms with Gasteiger partial charge in [-0.15, -0.1) is 23.5 Å². The fraction of sp³-hybridized carbons (Fsp3) is 0.670. The minimum Gasteiger partial charge on any atom is -0.480 e. The number of hydrogen-bond donors (Lipinski definition) is 10. The van der Waals surface area contributed by atoms with Crippen LogP contribution in [0.15, 0.2) is 65.8 Å². The lowest BCUT2D eigenvalue weighted by atomic mass is 9.81. The largest absolute Gasteiger partial charge is 0.480 e. The molecule has 5 heterocycles. The second kappa shape index (κ2) is 63.1. The fourth-order valence-electron chi connectivity index (χ4n) is 15.2. The van der Waals surface area contributed by atoms with Crippen molar-refractivity contribution in [1.82, 2.24) is 46.6 Å². The van der Waals surface area contributed by atoms with E-state index in [1.165, 1.54) is 33.3 Å². The molecule has 7 fully saturated rings. The maximum Gasteiger partial charge on any atom is 0.329 e. The lowest BCUT2D eigenvalue weighted by molar-refractivity contribution is -0.153. The predicted octanol–water partition coefficient (Wildman–Crippen LogP) is 3.76. The normalized spacial score (nSPS) is 20.4. The molecule has 44 heteroatoms. The number of carboxylic acids is 2. The van der Waals surface area contributed by atoms with E-state index < -0.39 is 64.3 Å². The van der Waals surface area contributed by atoms with E-state index in [4.69, 9.17) is 58.4 Å². The number of thioether (sulfide) groups is 2. The molecule has 10 N–H and O–H groups in total. The van der Waals surface area contributed by atoms with Crippen molar-refractivity contribution in [3.8, 4) is 0 Å². The zero-order valence-electron chi connectivity index (χ0n) is 74.7. The van der Waals surface area contributed by atoms with E-state index in [9.17, 15) is 81.5 Å². The van der Waals surface area contributed by atoms with Crippen LogP contribution in [-0.4, -0.2) is 323 Å². The van der Waals surface area contributed by atoms with E-state index in [-0.39, 0.29) is 193 Å². The van der Waals surface area contributed by atoms with Crippen LogP contribution in [0.25, 0.3) is 10.4 Å². The van der Waals surface area contributed by atoms with Crippen LogP contribution in [-0.2, 0) is 124 Å². The highest BCUT2D eigenvalue weighted by Gasteiger charge is 2.43. The van der Waals surface area contributed by atoms with Crippen molar-refractivity contribution in [1.29, 1.82) is 0 Å². The number of amides is 15. The van der Waals surface area contributed by atoms with Gasteiger partial charge in [-0.25, -0.2) is 14.5 Å². The molecule has 42 nitrogen and oxygen atoms in total. The average molecular weight is 1890 g/mol. The number of ether oxygens (including phenoxy) is 9. The summed E-state index contributed by atoms with van der Waals surface area (Å²) in [6.45, 7) is 5.16. The SMILES string of the molecule is O=C(O)COCCOCCOCCNC(=O)C1CCC(CN2C(=O)CC(SCCCCC[C@H](NC(=O)[C@H]3CCC(=O)N3)C(=O)Nc3ccccc3)C2=O)CC1.O=C1CC[C@H](C(=O)N[C@@H](CCCCCSC2CC(=O)N(CC3CCC(C(=O)NCCOCCOCCOCC(=O)N4C(=O)CCC4=O)CC3)C2=O)C(=O)Nc2ccccc2)N1.[N-]=[N+]=NCCOCCOCCOCC(=O)O. The van der Waals surface area contributed by atoms with Crippen molar-refractivity contribution in [2.24, 2.45) is 28.8 Å². The van der Waals surface area contributed by atoms with Crippen molar-refractivity contribution in [3.63, 3.8) is 0 Å². The first kappa shape index (κ1) is 109. The van der Waals surface area contributed by atoms with Crippen molar-refractivity contribution in [2.45, 2.75) is 189 Å². The number of carbonyl (C=O) groups excluding carboxylic acids is 15. The number of unbranched alkanes of at least 4 members (excludes halogenated alkanes) is 4. The Labute approximate surface area is 775 Å². The predicted molar refractivity (Wildman–Crippen MR) is 478 cm³/mol. The number of aliphatic carboxylic acids is 2. The van der Waals surface area contributed by atoms with Crippen LogP contribution in [0.2, 0.25) is 0 Å². The first-order valence-electron chi connectivity index (χ1n) is 45.3. The van der Waals surface area contributed by atoms with Crippen molar-refractivity contribution < 1.29 is 134 Å². The third-order valence-electron chi connectivity index (χ3n) is 22.3. The Bertz CT molecular complexity index is 4060. The van der Waals surface area contributed by atoms with Gasteiger partial charge in [-0.2, -0.15) is 0 Å². The lowest BCUT2D eigenvalue weighted by Crippen LogP contribution is -2.50. The molecule has 5 saturated heterocycles. The Hall–Kier alpha value is -10.1. The molecular formula is C88H128N14O28S2. The number of benzene rings is 2. The summed E-state index contributed by atoms with van der Waals surface area (Å²) in [5.41, 5.74) is 9.19. The summed E-state index contributed by atoms with van der Waals surface area (Å²) in [5.74, 6) is -4.76. The molecule has 0 bridgehead atoms. The van der Waals surface area contributed by atoms with Gasteiger partial charge in [-0.1, -0.05) is 67.2 Å². The van der Waals surface area contributed by atoms with Crippen LogP contribution >= 0.6 is 23.5 Å². The number of nitrogens with zero attached hydrogens (tertiary/aromatic N) is 6. The van der Waals surface area contributed by atoms with Crippen LogP contribution in [0.5, 0.6) is 0 Å². The quantitative estimate of drug-likeness (QED) is 0.0148. The second-order valence-electron chi connectivity index (χ2n) is 32.3. The van der Waals surface area contributed by atoms with E-state index in [1.54, 1.807) is 36.4 Å². The van der Waals surface area contributed by atoms with Gasteiger partial charge in [0.15, 0.2) is 0 Å². The Balaban J connectivity index is 0.000000310. The summed E-state index contributed by atoms with van der Waals surface area (Å²) < 4.78 is 46.6. The highest BCUT2D eigenvalue weighted by Crippen LogP contribution is 2.35. The summed E-state index contributed by atoms with van der Waals surface area (Å²) in [6, 6.07) is 15.1. The van der Waals surface area contributed by atoms with Crippen molar-refractivity contribution >= 4 is 135 Å². The van der Waals surface area contributed by atoms with Crippen LogP contribution in [0.3, 0.4) is 0 Å². The van der Waals surface area contributed by atoms with Crippen LogP contribution < -0.4 is 42.5 Å². The molecule has 132 heavy (non-hydrogen) atoms. The third-order valence-corrected chi connectivity index (χ3v) is 24.9. The number of hydrogen-bond acceptors (Lipinski definition) is 29. The Morgan fingerprint density at radius 2 is 0.795 bits per heavy atom. The van der Waals surface area contributed by atoms with Gasteiger partial charge in [0.25, 0.3) is 5.91 Å². The van der Waals surface area contributed by atoms with Gasteiger partial charge in [0.2, 0.25) is 82.7 Å². The summed E-state index contributed by atoms with van der Waals surface area (Å²) in [6.07, 6.45) is 12.7. The van der Waals surface area contributed by atoms with Gasteiger partial charge in [0.1, 0.15) is 44.0 Å². The minimum absolute atomic E-state index is 0.0199. The van der Waals surface area contributed by atoms with Gasteiger partial charge in [-0.05, 0) is 143 Å². The number of anilines is 2. The number of imide groups is 5. The summed E-state index contributed by atoms with van der Waals surface area (Å²) in [5, 5.41) is 41.6. The molecule has 0 aromatic heterocycles. The zero-order chi connectivity index (χ0) is 95.0. The lowest BCUT2D eigenvalue weighted by Gasteiger charge is -2.30. The molecule has 2 aliphatic carbocycles. The fourth-order valence-corrected chi connectivity index (χ4v) is 17.6. The smallest absolute Gasteiger partial charge is 0.329 e. The monoisotopic (exact) mass is 1890 g/mol. The van der Waals surface area contributed by atoms with Gasteiger partial charge >= 0.3 is 11.9 Å². The maximum atomic E-state index is 13.2. The second-order valence-corrected chi connectivity index (χ2v) is 34.9. The van der Waals surface area contributed by atoms with Gasteiger partial charge in [0.05, 0.1) is 110 Å². The van der Waals surface area contributed by atoms with Crippen LogP contribution in [0.4, 0.5) is 11.4 Å². The van der Waals surface area contributed by atoms with Gasteiger partial charge in [0, 0.05) is 99.4 Å². The number of para-hydroxylation sites is 2. The molecule has 6 atom stereocenters. The molecule has 5 aliphatic heterocycles. The van der Waals surface area contributed by atoms with E-state index >= 15 is 0 Å². The summed E-state index contributed by atoms with van der Waals surface area (Å²) in [7, 11) is 0. The highest BCUT2D eigenvalue weighted by atomic mass is 32.2. The van der Waals surface area contributed by atoms with Gasteiger partial charge in [-0.3, -0.25) is 81.7 Å². The first-order valence-corrected chi connectivity index (χ1v) is 47.4. The molecule has 9 rings (SSSR count). The van der Waals surface area contributed by atoms with Crippen molar-refractivity contribution in [3.05, 3.63) is 71.1 Å². The summed E-state index contributed by atoms with van der Waals surface area (Å²) >= 11 is 2.96. The number of carboxylic acid groups (broad SMARTS) is 2. The number of rotatable bonds is 61. The van der Waals surface area contributed by atoms with E-state index in [0.717, 1.165) is 51.4 Å². The molecule has 730 valence electrons. The minimum atomic E-state index is -1.03. The molecule has 15 amide bonds. The third kappa shape index (κ3) is 42.4. The van der Waals surface area contributed by atoms with E-state index in [0.29, 0.717) is 184 Å². The molecule has 2 unspecified atom stereocenters. The molecule has 2 aromatic rings. The van der Waals surface area contributed by atoms with E-state index in [1.807, 2.05) is 24.3 Å². The van der Waals surface area contributed by atoms with Crippen LogP contribution in [0.1, 0.15) is 154 Å². The Morgan fingerprint density at radius 3 is 1.16 bits per heavy atom. The van der Waals surface area contributed by atoms with Crippen molar-refractivity contribution in [2.75, 3.05) is 174 Å². The van der Waals surface area contributed by atoms with E-state index in [2.05, 4.69) is 52.6 Å². The molecular weight excluding hydrogens is 1770 g/mol. The summed E-state index contributed by atoms with van der Waals surface area (Å²) in [4.78, 5) is 214. The number of azide groups is 1. The average Bonchev–Trinajstić information content (AvgIpc) is 1.68. The molecule has 2 saturated carbocycles. The van der Waals surface area contributed by atoms with Gasteiger partial charge < -0.3 is 95.4 Å². The Kier molecular flexibility index (Phi) is 52.1.